The van der Waals surface area contributed by atoms with E-state index in [-0.39, 0.29) is 47.9 Å². The Morgan fingerprint density at radius 3 is 2.47 bits per heavy atom. The second-order valence-electron chi connectivity index (χ2n) is 14.2. The van der Waals surface area contributed by atoms with Crippen molar-refractivity contribution in [3.05, 3.63) is 124 Å². The molecule has 0 saturated heterocycles. The summed E-state index contributed by atoms with van der Waals surface area (Å²) in [7, 11) is 1.59. The van der Waals surface area contributed by atoms with E-state index in [2.05, 4.69) is 15.0 Å². The molecule has 2 aliphatic heterocycles. The molecule has 0 spiro atoms. The lowest BCUT2D eigenvalue weighted by Crippen LogP contribution is -2.32. The normalized spacial score (nSPS) is 15.0. The minimum atomic E-state index is -1.26. The number of aromatic nitrogens is 4. The van der Waals surface area contributed by atoms with Crippen LogP contribution in [-0.4, -0.2) is 70.2 Å². The average Bonchev–Trinajstić information content (AvgIpc) is 3.67. The SMILES string of the molecule is CCOC(=O)[C@H]1Cc2cc(ccc2OCc2ccnc(-c3ccccc3OC)n2)OC[C@@H](CO)Oc2c(Cl)c(C)c(c(C)c2Cl)-c2c(-c3ccc(F)cc3)sc3ncnc(c23)O1. The van der Waals surface area contributed by atoms with E-state index in [1.165, 1.54) is 29.8 Å². The molecule has 0 unspecified atom stereocenters. The summed E-state index contributed by atoms with van der Waals surface area (Å²) in [6.45, 7) is 4.94. The van der Waals surface area contributed by atoms with E-state index in [1.807, 2.05) is 38.1 Å². The highest BCUT2D eigenvalue weighted by Gasteiger charge is 2.32. The van der Waals surface area contributed by atoms with Gasteiger partial charge in [-0.25, -0.2) is 29.1 Å². The first-order valence-corrected chi connectivity index (χ1v) is 21.1. The van der Waals surface area contributed by atoms with E-state index < -0.39 is 30.6 Å². The molecule has 1 N–H and O–H groups in total. The first kappa shape index (κ1) is 42.6. The topological polar surface area (TPSA) is 144 Å². The lowest BCUT2D eigenvalue weighted by Gasteiger charge is -2.23. The zero-order valence-corrected chi connectivity index (χ0v) is 36.2. The van der Waals surface area contributed by atoms with Crippen LogP contribution in [0.4, 0.5) is 4.39 Å². The average molecular weight is 898 g/mol. The number of rotatable bonds is 9. The molecule has 0 aliphatic carbocycles. The lowest BCUT2D eigenvalue weighted by molar-refractivity contribution is -0.151. The summed E-state index contributed by atoms with van der Waals surface area (Å²) in [5.41, 5.74) is 4.94. The number of fused-ring (bicyclic) bond motifs is 7. The van der Waals surface area contributed by atoms with E-state index in [0.29, 0.717) is 77.2 Å². The van der Waals surface area contributed by atoms with Crippen molar-refractivity contribution in [2.45, 2.75) is 46.0 Å². The zero-order chi connectivity index (χ0) is 43.5. The van der Waals surface area contributed by atoms with Crippen LogP contribution in [0.25, 0.3) is 43.2 Å². The van der Waals surface area contributed by atoms with Gasteiger partial charge in [-0.1, -0.05) is 47.5 Å². The number of carbonyl (C=O) groups excluding carboxylic acids is 1. The molecule has 7 aromatic rings. The molecule has 2 atom stereocenters. The molecule has 4 bridgehead atoms. The van der Waals surface area contributed by atoms with Crippen molar-refractivity contribution in [3.63, 3.8) is 0 Å². The third-order valence-electron chi connectivity index (χ3n) is 10.2. The Kier molecular flexibility index (Phi) is 12.7. The predicted octanol–water partition coefficient (Wildman–Crippen LogP) is 9.82. The van der Waals surface area contributed by atoms with Gasteiger partial charge in [0.1, 0.15) is 47.4 Å². The van der Waals surface area contributed by atoms with Gasteiger partial charge in [-0.2, -0.15) is 0 Å². The summed E-state index contributed by atoms with van der Waals surface area (Å²) in [5, 5.41) is 11.4. The maximum atomic E-state index is 14.3. The standard InChI is InChI=1S/C46H39Cl2FN4O8S/c1-5-57-46(55)35-19-27-18-30(14-15-33(27)59-21-29-16-17-50-43(53-29)32-8-6-7-9-34(32)56-4)58-22-31(20-54)60-41-39(47)24(2)36(25(3)40(41)48)37-38-44(61-35)51-23-52-45(38)62-42(37)26-10-12-28(49)13-11-26/h6-18,23,31,35,54H,5,19-22H2,1-4H3/t31-,35-/m1/s1. The Bertz CT molecular complexity index is 2760. The van der Waals surface area contributed by atoms with E-state index in [0.717, 1.165) is 5.56 Å². The van der Waals surface area contributed by atoms with Crippen LogP contribution in [0, 0.1) is 19.7 Å². The molecule has 12 nitrogen and oxygen atoms in total. The molecule has 2 aliphatic rings. The Morgan fingerprint density at radius 1 is 0.952 bits per heavy atom. The van der Waals surface area contributed by atoms with E-state index in [1.54, 1.807) is 56.6 Å². The first-order valence-electron chi connectivity index (χ1n) is 19.5. The van der Waals surface area contributed by atoms with E-state index >= 15 is 0 Å². The van der Waals surface area contributed by atoms with Gasteiger partial charge in [0.05, 0.1) is 47.0 Å². The molecule has 0 amide bonds. The van der Waals surface area contributed by atoms with Crippen LogP contribution in [0.2, 0.25) is 10.0 Å². The van der Waals surface area contributed by atoms with Crippen molar-refractivity contribution in [3.8, 4) is 61.8 Å². The number of ether oxygens (including phenoxy) is 6. The molecule has 5 heterocycles. The summed E-state index contributed by atoms with van der Waals surface area (Å²) < 4.78 is 51.0. The molecule has 4 aromatic carbocycles. The Labute approximate surface area is 370 Å². The molecule has 0 saturated carbocycles. The zero-order valence-electron chi connectivity index (χ0n) is 33.9. The Morgan fingerprint density at radius 2 is 1.73 bits per heavy atom. The van der Waals surface area contributed by atoms with Crippen LogP contribution < -0.4 is 23.7 Å². The van der Waals surface area contributed by atoms with Crippen LogP contribution in [0.5, 0.6) is 28.9 Å². The summed E-state index contributed by atoms with van der Waals surface area (Å²) in [6.07, 6.45) is 0.790. The van der Waals surface area contributed by atoms with Gasteiger partial charge in [-0.3, -0.25) is 0 Å². The molecule has 318 valence electrons. The van der Waals surface area contributed by atoms with Crippen molar-refractivity contribution < 1.29 is 42.7 Å². The fraction of sp³-hybridized carbons (Fsp3) is 0.239. The van der Waals surface area contributed by atoms with Gasteiger partial charge in [0.15, 0.2) is 17.7 Å². The molecular formula is C46H39Cl2FN4O8S. The number of methoxy groups -OCH3 is 1. The summed E-state index contributed by atoms with van der Waals surface area (Å²) in [4.78, 5) is 33.6. The second kappa shape index (κ2) is 18.5. The van der Waals surface area contributed by atoms with Crippen LogP contribution >= 0.6 is 34.5 Å². The van der Waals surface area contributed by atoms with Crippen LogP contribution in [0.1, 0.15) is 29.3 Å². The monoisotopic (exact) mass is 896 g/mol. The Hall–Kier alpha value is -6.06. The summed E-state index contributed by atoms with van der Waals surface area (Å²) in [5.74, 6) is 1.07. The largest absolute Gasteiger partial charge is 0.496 e. The number of benzene rings is 4. The first-order chi connectivity index (χ1) is 30.1. The number of hydrogen-bond donors (Lipinski definition) is 1. The maximum Gasteiger partial charge on any atom is 0.347 e. The molecular weight excluding hydrogens is 858 g/mol. The van der Waals surface area contributed by atoms with Crippen LogP contribution in [-0.2, 0) is 22.6 Å². The third kappa shape index (κ3) is 8.55. The number of esters is 1. The number of thiophene rings is 1. The minimum absolute atomic E-state index is 0.0393. The minimum Gasteiger partial charge on any atom is -0.496 e. The van der Waals surface area contributed by atoms with E-state index in [9.17, 15) is 14.3 Å². The number of carbonyl (C=O) groups is 1. The van der Waals surface area contributed by atoms with E-state index in [4.69, 9.17) is 56.6 Å². The molecule has 62 heavy (non-hydrogen) atoms. The second-order valence-corrected chi connectivity index (χ2v) is 15.9. The molecule has 3 aromatic heterocycles. The van der Waals surface area contributed by atoms with Gasteiger partial charge < -0.3 is 33.5 Å². The molecule has 9 rings (SSSR count). The number of para-hydroxylation sites is 1. The van der Waals surface area contributed by atoms with Crippen LogP contribution in [0.3, 0.4) is 0 Å². The van der Waals surface area contributed by atoms with Gasteiger partial charge in [0, 0.05) is 28.6 Å². The van der Waals surface area contributed by atoms with Gasteiger partial charge in [-0.05, 0) is 91.6 Å². The van der Waals surface area contributed by atoms with Gasteiger partial charge in [0.25, 0.3) is 0 Å². The predicted molar refractivity (Wildman–Crippen MR) is 234 cm³/mol. The maximum absolute atomic E-state index is 14.3. The molecule has 0 radical (unpaired) electrons. The lowest BCUT2D eigenvalue weighted by atomic mass is 9.92. The van der Waals surface area contributed by atoms with Crippen LogP contribution in [0.15, 0.2) is 85.3 Å². The fourth-order valence-electron chi connectivity index (χ4n) is 7.21. The number of halogens is 3. The van der Waals surface area contributed by atoms with Crippen molar-refractivity contribution in [1.82, 2.24) is 19.9 Å². The number of aliphatic hydroxyl groups is 1. The highest BCUT2D eigenvalue weighted by Crippen LogP contribution is 2.53. The number of aliphatic hydroxyl groups excluding tert-OH is 1. The van der Waals surface area contributed by atoms with Crippen molar-refractivity contribution in [2.75, 3.05) is 26.9 Å². The van der Waals surface area contributed by atoms with Gasteiger partial charge in [0.2, 0.25) is 12.0 Å². The smallest absolute Gasteiger partial charge is 0.347 e. The molecule has 0 fully saturated rings. The number of hydrogen-bond acceptors (Lipinski definition) is 13. The third-order valence-corrected chi connectivity index (χ3v) is 12.3. The van der Waals surface area contributed by atoms with Crippen molar-refractivity contribution in [1.29, 1.82) is 0 Å². The Balaban J connectivity index is 1.27. The fourth-order valence-corrected chi connectivity index (χ4v) is 8.87. The highest BCUT2D eigenvalue weighted by molar-refractivity contribution is 7.22. The quantitative estimate of drug-likeness (QED) is 0.138. The van der Waals surface area contributed by atoms with Gasteiger partial charge >= 0.3 is 5.97 Å². The van der Waals surface area contributed by atoms with Crippen molar-refractivity contribution in [2.24, 2.45) is 0 Å². The highest BCUT2D eigenvalue weighted by atomic mass is 35.5. The summed E-state index contributed by atoms with van der Waals surface area (Å²) >= 11 is 15.5. The number of nitrogens with zero attached hydrogens (tertiary/aromatic N) is 4. The molecule has 16 heteroatoms. The van der Waals surface area contributed by atoms with Crippen molar-refractivity contribution >= 4 is 50.7 Å². The summed E-state index contributed by atoms with van der Waals surface area (Å²) in [6, 6.07) is 20.4. The van der Waals surface area contributed by atoms with Gasteiger partial charge in [-0.15, -0.1) is 11.3 Å².